The fraction of sp³-hybridized carbons (Fsp3) is 0.333. The molecule has 0 aliphatic heterocycles. The Balaban J connectivity index is 2.23. The summed E-state index contributed by atoms with van der Waals surface area (Å²) in [7, 11) is 0. The van der Waals surface area contributed by atoms with E-state index in [9.17, 15) is 9.59 Å². The zero-order valence-electron chi connectivity index (χ0n) is 15.6. The number of carbonyl (C=O) groups is 2. The first kappa shape index (κ1) is 19.5. The van der Waals surface area contributed by atoms with Crippen LogP contribution in [0.4, 0.5) is 0 Å². The summed E-state index contributed by atoms with van der Waals surface area (Å²) in [6, 6.07) is 15.3. The Morgan fingerprint density at radius 2 is 1.23 bits per heavy atom. The summed E-state index contributed by atoms with van der Waals surface area (Å²) in [5, 5.41) is 0. The molecule has 0 amide bonds. The lowest BCUT2D eigenvalue weighted by Crippen LogP contribution is -2.51. The van der Waals surface area contributed by atoms with E-state index in [1.54, 1.807) is 26.0 Å². The number of rotatable bonds is 7. The maximum Gasteiger partial charge on any atom is 0.362 e. The molecule has 2 rings (SSSR count). The van der Waals surface area contributed by atoms with Gasteiger partial charge in [0.05, 0.1) is 13.2 Å². The Bertz CT molecular complexity index is 729. The lowest BCUT2D eigenvalue weighted by atomic mass is 10.0. The van der Waals surface area contributed by atoms with Crippen molar-refractivity contribution in [3.8, 4) is 16.9 Å². The minimum atomic E-state index is -1.85. The number of hydrogen-bond donors (Lipinski definition) is 0. The van der Waals surface area contributed by atoms with E-state index < -0.39 is 17.5 Å². The minimum absolute atomic E-state index is 0.142. The van der Waals surface area contributed by atoms with Crippen LogP contribution in [0.3, 0.4) is 0 Å². The predicted molar refractivity (Wildman–Crippen MR) is 98.9 cm³/mol. The third kappa shape index (κ3) is 4.42. The lowest BCUT2D eigenvalue weighted by Gasteiger charge is -2.26. The zero-order valence-corrected chi connectivity index (χ0v) is 15.6. The van der Waals surface area contributed by atoms with Crippen LogP contribution in [0.25, 0.3) is 11.1 Å². The van der Waals surface area contributed by atoms with Gasteiger partial charge in [0.1, 0.15) is 5.75 Å². The molecule has 0 aliphatic carbocycles. The first-order chi connectivity index (χ1) is 12.4. The standard InChI is InChI=1S/C21H24O5/c1-5-24-19(22)21(4,20(23)25-6-2)26-18-13-11-17(12-14-18)16-9-7-15(3)8-10-16/h7-14H,5-6H2,1-4H3. The molecule has 0 aromatic heterocycles. The van der Waals surface area contributed by atoms with Crippen molar-refractivity contribution in [2.45, 2.75) is 33.3 Å². The number of carbonyl (C=O) groups excluding carboxylic acids is 2. The molecule has 2 aromatic rings. The van der Waals surface area contributed by atoms with Crippen LogP contribution in [0.15, 0.2) is 48.5 Å². The van der Waals surface area contributed by atoms with Crippen LogP contribution in [-0.4, -0.2) is 30.8 Å². The van der Waals surface area contributed by atoms with E-state index >= 15 is 0 Å². The second-order valence-corrected chi connectivity index (χ2v) is 5.97. The molecular weight excluding hydrogens is 332 g/mol. The van der Waals surface area contributed by atoms with Gasteiger partial charge in [0.2, 0.25) is 0 Å². The number of ether oxygens (including phenoxy) is 3. The van der Waals surface area contributed by atoms with Crippen LogP contribution in [0.2, 0.25) is 0 Å². The van der Waals surface area contributed by atoms with E-state index in [4.69, 9.17) is 14.2 Å². The maximum absolute atomic E-state index is 12.3. The monoisotopic (exact) mass is 356 g/mol. The Morgan fingerprint density at radius 3 is 1.65 bits per heavy atom. The molecule has 0 saturated carbocycles. The Hall–Kier alpha value is -2.82. The van der Waals surface area contributed by atoms with Crippen LogP contribution < -0.4 is 4.74 Å². The van der Waals surface area contributed by atoms with Crippen LogP contribution in [0, 0.1) is 6.92 Å². The molecule has 0 aliphatic rings. The van der Waals surface area contributed by atoms with Gasteiger partial charge in [-0.15, -0.1) is 0 Å². The van der Waals surface area contributed by atoms with Gasteiger partial charge in [0, 0.05) is 0 Å². The highest BCUT2D eigenvalue weighted by Crippen LogP contribution is 2.26. The van der Waals surface area contributed by atoms with E-state index in [-0.39, 0.29) is 13.2 Å². The molecule has 0 unspecified atom stereocenters. The van der Waals surface area contributed by atoms with Gasteiger partial charge in [-0.25, -0.2) is 9.59 Å². The van der Waals surface area contributed by atoms with Crippen molar-refractivity contribution in [3.05, 3.63) is 54.1 Å². The lowest BCUT2D eigenvalue weighted by molar-refractivity contribution is -0.177. The molecule has 26 heavy (non-hydrogen) atoms. The first-order valence-corrected chi connectivity index (χ1v) is 8.61. The van der Waals surface area contributed by atoms with Gasteiger partial charge in [-0.3, -0.25) is 0 Å². The molecular formula is C21H24O5. The summed E-state index contributed by atoms with van der Waals surface area (Å²) in [6.45, 7) is 7.01. The Morgan fingerprint density at radius 1 is 0.808 bits per heavy atom. The summed E-state index contributed by atoms with van der Waals surface area (Å²) < 4.78 is 15.7. The van der Waals surface area contributed by atoms with E-state index in [1.807, 2.05) is 43.3 Å². The van der Waals surface area contributed by atoms with Crippen LogP contribution in [-0.2, 0) is 19.1 Å². The third-order valence-corrected chi connectivity index (χ3v) is 3.89. The van der Waals surface area contributed by atoms with E-state index in [0.717, 1.165) is 11.1 Å². The average molecular weight is 356 g/mol. The van der Waals surface area contributed by atoms with Gasteiger partial charge in [0.15, 0.2) is 0 Å². The van der Waals surface area contributed by atoms with Gasteiger partial charge >= 0.3 is 11.9 Å². The highest BCUT2D eigenvalue weighted by Gasteiger charge is 2.47. The molecule has 0 atom stereocenters. The quantitative estimate of drug-likeness (QED) is 0.556. The summed E-state index contributed by atoms with van der Waals surface area (Å²) in [5.41, 5.74) is 1.41. The topological polar surface area (TPSA) is 61.8 Å². The van der Waals surface area contributed by atoms with Crippen LogP contribution in [0.1, 0.15) is 26.3 Å². The molecule has 138 valence electrons. The fourth-order valence-electron chi connectivity index (χ4n) is 2.40. The summed E-state index contributed by atoms with van der Waals surface area (Å²) in [5.74, 6) is -1.17. The second-order valence-electron chi connectivity index (χ2n) is 5.97. The fourth-order valence-corrected chi connectivity index (χ4v) is 2.40. The zero-order chi connectivity index (χ0) is 19.2. The summed E-state index contributed by atoms with van der Waals surface area (Å²) >= 11 is 0. The largest absolute Gasteiger partial charge is 0.464 e. The molecule has 0 radical (unpaired) electrons. The number of benzene rings is 2. The molecule has 0 fully saturated rings. The van der Waals surface area contributed by atoms with Crippen LogP contribution in [0.5, 0.6) is 5.75 Å². The van der Waals surface area contributed by atoms with Crippen molar-refractivity contribution in [2.75, 3.05) is 13.2 Å². The molecule has 2 aromatic carbocycles. The maximum atomic E-state index is 12.3. The molecule has 0 heterocycles. The highest BCUT2D eigenvalue weighted by molar-refractivity contribution is 6.03. The molecule has 0 bridgehead atoms. The van der Waals surface area contributed by atoms with E-state index in [0.29, 0.717) is 5.75 Å². The predicted octanol–water partition coefficient (Wildman–Crippen LogP) is 3.93. The van der Waals surface area contributed by atoms with Gasteiger partial charge in [-0.05, 0) is 51.0 Å². The first-order valence-electron chi connectivity index (χ1n) is 8.61. The van der Waals surface area contributed by atoms with Gasteiger partial charge < -0.3 is 14.2 Å². The molecule has 0 spiro atoms. The second kappa shape index (κ2) is 8.52. The number of esters is 2. The number of hydrogen-bond acceptors (Lipinski definition) is 5. The van der Waals surface area contributed by atoms with Crippen molar-refractivity contribution in [1.82, 2.24) is 0 Å². The molecule has 5 nitrogen and oxygen atoms in total. The molecule has 0 N–H and O–H groups in total. The third-order valence-electron chi connectivity index (χ3n) is 3.89. The van der Waals surface area contributed by atoms with Crippen molar-refractivity contribution in [3.63, 3.8) is 0 Å². The number of aryl methyl sites for hydroxylation is 1. The van der Waals surface area contributed by atoms with Gasteiger partial charge in [-0.2, -0.15) is 0 Å². The molecule has 0 saturated heterocycles. The van der Waals surface area contributed by atoms with Crippen LogP contribution >= 0.6 is 0 Å². The van der Waals surface area contributed by atoms with Crippen molar-refractivity contribution >= 4 is 11.9 Å². The minimum Gasteiger partial charge on any atom is -0.464 e. The van der Waals surface area contributed by atoms with Crippen molar-refractivity contribution in [1.29, 1.82) is 0 Å². The smallest absolute Gasteiger partial charge is 0.362 e. The average Bonchev–Trinajstić information content (AvgIpc) is 2.63. The Labute approximate surface area is 153 Å². The SMILES string of the molecule is CCOC(=O)C(C)(Oc1ccc(-c2ccc(C)cc2)cc1)C(=O)OCC. The highest BCUT2D eigenvalue weighted by atomic mass is 16.6. The molecule has 5 heteroatoms. The van der Waals surface area contributed by atoms with Gasteiger partial charge in [0.25, 0.3) is 5.60 Å². The summed E-state index contributed by atoms with van der Waals surface area (Å²) in [6.07, 6.45) is 0. The van der Waals surface area contributed by atoms with Crippen molar-refractivity contribution in [2.24, 2.45) is 0 Å². The van der Waals surface area contributed by atoms with Crippen molar-refractivity contribution < 1.29 is 23.8 Å². The van der Waals surface area contributed by atoms with E-state index in [1.165, 1.54) is 12.5 Å². The van der Waals surface area contributed by atoms with Gasteiger partial charge in [-0.1, -0.05) is 42.0 Å². The van der Waals surface area contributed by atoms with E-state index in [2.05, 4.69) is 0 Å². The summed E-state index contributed by atoms with van der Waals surface area (Å²) in [4.78, 5) is 24.5. The normalized spacial score (nSPS) is 10.9. The Kier molecular flexibility index (Phi) is 6.39.